The van der Waals surface area contributed by atoms with E-state index in [9.17, 15) is 15.0 Å². The van der Waals surface area contributed by atoms with E-state index in [4.69, 9.17) is 0 Å². The van der Waals surface area contributed by atoms with E-state index in [0.29, 0.717) is 23.1 Å². The van der Waals surface area contributed by atoms with Gasteiger partial charge in [-0.2, -0.15) is 0 Å². The average Bonchev–Trinajstić information content (AvgIpc) is 3.04. The molecule has 5 unspecified atom stereocenters. The SMILES string of the molecule is O=C(NC12CC3CC4CC(C1)C2(C4)C3)c1ccc(NCc2cc(O)ccc2O)cc1. The van der Waals surface area contributed by atoms with Gasteiger partial charge in [-0.15, -0.1) is 0 Å². The fourth-order valence-corrected chi connectivity index (χ4v) is 7.55. The molecule has 4 aliphatic rings. The van der Waals surface area contributed by atoms with Gasteiger partial charge >= 0.3 is 0 Å². The van der Waals surface area contributed by atoms with Crippen molar-refractivity contribution in [2.75, 3.05) is 5.32 Å². The van der Waals surface area contributed by atoms with Gasteiger partial charge in [0.2, 0.25) is 0 Å². The maximum atomic E-state index is 13.1. The predicted octanol–water partition coefficient (Wildman–Crippen LogP) is 4.41. The monoisotopic (exact) mass is 404 g/mol. The number of anilines is 1. The van der Waals surface area contributed by atoms with Crippen LogP contribution in [0.1, 0.15) is 54.4 Å². The largest absolute Gasteiger partial charge is 0.508 e. The molecule has 30 heavy (non-hydrogen) atoms. The molecule has 0 aromatic heterocycles. The number of phenolic OH excluding ortho intramolecular Hbond substituents is 2. The number of rotatable bonds is 5. The molecule has 4 saturated carbocycles. The number of hydrogen-bond donors (Lipinski definition) is 4. The average molecular weight is 405 g/mol. The lowest BCUT2D eigenvalue weighted by Crippen LogP contribution is -2.67. The Hall–Kier alpha value is -2.69. The summed E-state index contributed by atoms with van der Waals surface area (Å²) in [7, 11) is 0. The molecule has 156 valence electrons. The Morgan fingerprint density at radius 2 is 1.77 bits per heavy atom. The van der Waals surface area contributed by atoms with E-state index in [0.717, 1.165) is 23.4 Å². The second-order valence-corrected chi connectivity index (χ2v) is 10.2. The zero-order valence-electron chi connectivity index (χ0n) is 17.0. The first kappa shape index (κ1) is 18.1. The lowest BCUT2D eigenvalue weighted by atomic mass is 9.51. The van der Waals surface area contributed by atoms with Crippen molar-refractivity contribution in [1.29, 1.82) is 0 Å². The molecule has 4 N–H and O–H groups in total. The quantitative estimate of drug-likeness (QED) is 0.557. The van der Waals surface area contributed by atoms with Crippen molar-refractivity contribution in [3.05, 3.63) is 53.6 Å². The van der Waals surface area contributed by atoms with Gasteiger partial charge in [0.25, 0.3) is 5.91 Å². The van der Waals surface area contributed by atoms with Crippen molar-refractivity contribution < 1.29 is 15.0 Å². The van der Waals surface area contributed by atoms with E-state index in [1.54, 1.807) is 6.07 Å². The minimum Gasteiger partial charge on any atom is -0.508 e. The molecule has 1 amide bonds. The summed E-state index contributed by atoms with van der Waals surface area (Å²) in [4.78, 5) is 13.1. The smallest absolute Gasteiger partial charge is 0.251 e. The maximum Gasteiger partial charge on any atom is 0.251 e. The summed E-state index contributed by atoms with van der Waals surface area (Å²) in [5, 5.41) is 26.2. The van der Waals surface area contributed by atoms with Crippen LogP contribution in [0, 0.1) is 23.2 Å². The van der Waals surface area contributed by atoms with Gasteiger partial charge in [0.1, 0.15) is 11.5 Å². The Kier molecular flexibility index (Phi) is 3.72. The van der Waals surface area contributed by atoms with E-state index in [1.165, 1.54) is 50.7 Å². The number of hydrogen-bond acceptors (Lipinski definition) is 4. The molecular weight excluding hydrogens is 376 g/mol. The molecule has 0 radical (unpaired) electrons. The Morgan fingerprint density at radius 3 is 2.60 bits per heavy atom. The molecule has 4 fully saturated rings. The van der Waals surface area contributed by atoms with Crippen LogP contribution in [0.5, 0.6) is 11.5 Å². The van der Waals surface area contributed by atoms with Crippen LogP contribution in [0.15, 0.2) is 42.5 Å². The Labute approximate surface area is 176 Å². The summed E-state index contributed by atoms with van der Waals surface area (Å²) in [5.74, 6) is 2.89. The van der Waals surface area contributed by atoms with Crippen LogP contribution in [-0.2, 0) is 6.54 Å². The van der Waals surface area contributed by atoms with Crippen molar-refractivity contribution in [3.8, 4) is 11.5 Å². The molecule has 0 saturated heterocycles. The minimum atomic E-state index is 0.0500. The molecule has 2 aromatic carbocycles. The zero-order chi connectivity index (χ0) is 20.5. The summed E-state index contributed by atoms with van der Waals surface area (Å²) in [6.07, 6.45) is 7.80. The van der Waals surface area contributed by atoms with Gasteiger partial charge in [-0.25, -0.2) is 0 Å². The Morgan fingerprint density at radius 1 is 0.967 bits per heavy atom. The molecule has 1 spiro atoms. The van der Waals surface area contributed by atoms with Crippen LogP contribution < -0.4 is 10.6 Å². The first-order chi connectivity index (χ1) is 14.5. The van der Waals surface area contributed by atoms with Crippen molar-refractivity contribution in [3.63, 3.8) is 0 Å². The molecule has 2 aromatic rings. The first-order valence-corrected chi connectivity index (χ1v) is 11.1. The van der Waals surface area contributed by atoms with Crippen LogP contribution in [0.25, 0.3) is 0 Å². The van der Waals surface area contributed by atoms with Crippen LogP contribution >= 0.6 is 0 Å². The summed E-state index contributed by atoms with van der Waals surface area (Å²) < 4.78 is 0. The van der Waals surface area contributed by atoms with Gasteiger partial charge in [0.15, 0.2) is 0 Å². The fraction of sp³-hybridized carbons (Fsp3) is 0.480. The maximum absolute atomic E-state index is 13.1. The highest BCUT2D eigenvalue weighted by atomic mass is 16.3. The van der Waals surface area contributed by atoms with Crippen LogP contribution in [0.2, 0.25) is 0 Å². The molecule has 5 nitrogen and oxygen atoms in total. The number of aromatic hydroxyl groups is 2. The van der Waals surface area contributed by atoms with Crippen LogP contribution in [-0.4, -0.2) is 21.7 Å². The van der Waals surface area contributed by atoms with Crippen molar-refractivity contribution in [1.82, 2.24) is 5.32 Å². The number of nitrogens with one attached hydrogen (secondary N) is 2. The van der Waals surface area contributed by atoms with Gasteiger partial charge in [0.05, 0.1) is 0 Å². The standard InChI is InChI=1S/C25H28N2O3/c28-21-5-6-22(29)18(9-21)14-26-20-3-1-17(2-4-20)23(30)27-25-12-16-7-15-8-19(13-25)24(25,10-15)11-16/h1-6,9,15-16,19,26,28-29H,7-8,10-14H2,(H,27,30). The first-order valence-electron chi connectivity index (χ1n) is 11.1. The molecule has 4 aliphatic carbocycles. The number of amides is 1. The number of phenols is 2. The summed E-state index contributed by atoms with van der Waals surface area (Å²) in [5.41, 5.74) is 2.64. The fourth-order valence-electron chi connectivity index (χ4n) is 7.55. The topological polar surface area (TPSA) is 81.6 Å². The highest BCUT2D eigenvalue weighted by Gasteiger charge is 2.74. The van der Waals surface area contributed by atoms with Crippen LogP contribution in [0.4, 0.5) is 5.69 Å². The molecular formula is C25H28N2O3. The lowest BCUT2D eigenvalue weighted by molar-refractivity contribution is -0.0484. The number of carbonyl (C=O) groups is 1. The van der Waals surface area contributed by atoms with Crippen LogP contribution in [0.3, 0.4) is 0 Å². The highest BCUT2D eigenvalue weighted by molar-refractivity contribution is 5.95. The van der Waals surface area contributed by atoms with Gasteiger partial charge in [0, 0.05) is 28.9 Å². The second-order valence-electron chi connectivity index (χ2n) is 10.2. The second kappa shape index (κ2) is 6.16. The van der Waals surface area contributed by atoms with E-state index < -0.39 is 0 Å². The highest BCUT2D eigenvalue weighted by Crippen LogP contribution is 2.77. The van der Waals surface area contributed by atoms with Crippen molar-refractivity contribution >= 4 is 11.6 Å². The Balaban J connectivity index is 1.13. The van der Waals surface area contributed by atoms with Crippen molar-refractivity contribution in [2.45, 2.75) is 50.6 Å². The molecule has 6 rings (SSSR count). The lowest BCUT2D eigenvalue weighted by Gasteiger charge is -2.59. The number of fused-ring (bicyclic) bond motifs is 2. The summed E-state index contributed by atoms with van der Waals surface area (Å²) >= 11 is 0. The Bertz CT molecular complexity index is 1010. The molecule has 5 atom stereocenters. The summed E-state index contributed by atoms with van der Waals surface area (Å²) in [6, 6.07) is 12.0. The third-order valence-electron chi connectivity index (χ3n) is 8.60. The van der Waals surface area contributed by atoms with Crippen molar-refractivity contribution in [2.24, 2.45) is 23.2 Å². The third-order valence-corrected chi connectivity index (χ3v) is 8.60. The molecule has 0 heterocycles. The molecule has 0 aliphatic heterocycles. The summed E-state index contributed by atoms with van der Waals surface area (Å²) in [6.45, 7) is 0.390. The van der Waals surface area contributed by atoms with Gasteiger partial charge in [-0.1, -0.05) is 0 Å². The zero-order valence-corrected chi connectivity index (χ0v) is 17.0. The van der Waals surface area contributed by atoms with Gasteiger partial charge in [-0.3, -0.25) is 4.79 Å². The number of benzene rings is 2. The predicted molar refractivity (Wildman–Crippen MR) is 114 cm³/mol. The van der Waals surface area contributed by atoms with E-state index in [1.807, 2.05) is 24.3 Å². The van der Waals surface area contributed by atoms with Gasteiger partial charge in [-0.05, 0) is 104 Å². The molecule has 3 bridgehead atoms. The van der Waals surface area contributed by atoms with E-state index in [-0.39, 0.29) is 22.9 Å². The molecule has 5 heteroatoms. The van der Waals surface area contributed by atoms with E-state index >= 15 is 0 Å². The number of carbonyl (C=O) groups excluding carboxylic acids is 1. The minimum absolute atomic E-state index is 0.0500. The van der Waals surface area contributed by atoms with Gasteiger partial charge < -0.3 is 20.8 Å². The van der Waals surface area contributed by atoms with E-state index in [2.05, 4.69) is 10.6 Å². The normalized spacial score (nSPS) is 35.0. The third kappa shape index (κ3) is 2.50.